The fourth-order valence-corrected chi connectivity index (χ4v) is 4.52. The monoisotopic (exact) mass is 493 g/mol. The zero-order chi connectivity index (χ0) is 25.9. The standard InChI is InChI=1S/C30H40FN3O2/c1-4-5-6-7-8-13-29(35)34(23(2)3)22-30(36)33(21-24-14-16-26(31)17-15-24)19-18-25-20-32-28-12-10-9-11-27(25)28/h9-12,14-17,20,23,32H,4-8,13,18-19,21-22H2,1-3H3. The number of aromatic amines is 1. The van der Waals surface area contributed by atoms with E-state index in [1.54, 1.807) is 21.9 Å². The van der Waals surface area contributed by atoms with Crippen molar-refractivity contribution in [1.29, 1.82) is 0 Å². The SMILES string of the molecule is CCCCCCCC(=O)N(CC(=O)N(CCc1c[nH]c2ccccc12)Cc1ccc(F)cc1)C(C)C. The number of aromatic nitrogens is 1. The molecule has 0 saturated heterocycles. The van der Waals surface area contributed by atoms with Crippen molar-refractivity contribution in [3.8, 4) is 0 Å². The molecule has 0 aliphatic heterocycles. The number of carbonyl (C=O) groups is 2. The van der Waals surface area contributed by atoms with Gasteiger partial charge in [0.25, 0.3) is 0 Å². The van der Waals surface area contributed by atoms with Crippen LogP contribution in [0.25, 0.3) is 10.9 Å². The molecule has 0 bridgehead atoms. The first kappa shape index (κ1) is 27.4. The van der Waals surface area contributed by atoms with Crippen LogP contribution in [0.4, 0.5) is 4.39 Å². The van der Waals surface area contributed by atoms with Crippen molar-refractivity contribution in [1.82, 2.24) is 14.8 Å². The maximum Gasteiger partial charge on any atom is 0.242 e. The predicted molar refractivity (Wildman–Crippen MR) is 144 cm³/mol. The molecule has 0 saturated carbocycles. The number of hydrogen-bond donors (Lipinski definition) is 1. The van der Waals surface area contributed by atoms with Crippen LogP contribution in [0.2, 0.25) is 0 Å². The minimum Gasteiger partial charge on any atom is -0.361 e. The highest BCUT2D eigenvalue weighted by Gasteiger charge is 2.23. The molecule has 0 radical (unpaired) electrons. The number of carbonyl (C=O) groups excluding carboxylic acids is 2. The molecule has 1 heterocycles. The summed E-state index contributed by atoms with van der Waals surface area (Å²) in [6.07, 6.45) is 8.55. The van der Waals surface area contributed by atoms with Gasteiger partial charge in [-0.3, -0.25) is 9.59 Å². The van der Waals surface area contributed by atoms with Crippen LogP contribution < -0.4 is 0 Å². The fraction of sp³-hybridized carbons (Fsp3) is 0.467. The van der Waals surface area contributed by atoms with Gasteiger partial charge < -0.3 is 14.8 Å². The van der Waals surface area contributed by atoms with Crippen LogP contribution in [0.1, 0.15) is 70.4 Å². The van der Waals surface area contributed by atoms with Gasteiger partial charge in [-0.05, 0) is 56.0 Å². The molecule has 0 fully saturated rings. The number of H-pyrrole nitrogens is 1. The normalized spacial score (nSPS) is 11.2. The third-order valence-corrected chi connectivity index (χ3v) is 6.71. The Labute approximate surface area is 214 Å². The molecule has 2 amide bonds. The zero-order valence-electron chi connectivity index (χ0n) is 21.9. The van der Waals surface area contributed by atoms with Crippen molar-refractivity contribution in [2.75, 3.05) is 13.1 Å². The lowest BCUT2D eigenvalue weighted by molar-refractivity contribution is -0.142. The molecule has 3 rings (SSSR count). The average molecular weight is 494 g/mol. The van der Waals surface area contributed by atoms with Gasteiger partial charge in [0.1, 0.15) is 5.82 Å². The van der Waals surface area contributed by atoms with Crippen molar-refractivity contribution in [3.05, 3.63) is 71.7 Å². The summed E-state index contributed by atoms with van der Waals surface area (Å²) < 4.78 is 13.5. The molecule has 36 heavy (non-hydrogen) atoms. The molecule has 0 spiro atoms. The molecule has 0 unspecified atom stereocenters. The second-order valence-corrected chi connectivity index (χ2v) is 9.83. The number of nitrogens with one attached hydrogen (secondary N) is 1. The summed E-state index contributed by atoms with van der Waals surface area (Å²) in [5.74, 6) is -0.355. The van der Waals surface area contributed by atoms with E-state index >= 15 is 0 Å². The number of fused-ring (bicyclic) bond motifs is 1. The van der Waals surface area contributed by atoms with Crippen molar-refractivity contribution >= 4 is 22.7 Å². The molecule has 6 heteroatoms. The Morgan fingerprint density at radius 3 is 2.39 bits per heavy atom. The first-order valence-electron chi connectivity index (χ1n) is 13.3. The summed E-state index contributed by atoms with van der Waals surface area (Å²) in [6, 6.07) is 14.3. The van der Waals surface area contributed by atoms with E-state index in [9.17, 15) is 14.0 Å². The highest BCUT2D eigenvalue weighted by Crippen LogP contribution is 2.19. The zero-order valence-corrected chi connectivity index (χ0v) is 21.9. The minimum atomic E-state index is -0.300. The molecule has 5 nitrogen and oxygen atoms in total. The largest absolute Gasteiger partial charge is 0.361 e. The topological polar surface area (TPSA) is 56.4 Å². The number of para-hydroxylation sites is 1. The van der Waals surface area contributed by atoms with Gasteiger partial charge in [-0.2, -0.15) is 0 Å². The van der Waals surface area contributed by atoms with E-state index in [4.69, 9.17) is 0 Å². The van der Waals surface area contributed by atoms with Crippen molar-refractivity contribution in [2.45, 2.75) is 78.3 Å². The minimum absolute atomic E-state index is 0.0354. The van der Waals surface area contributed by atoms with Crippen LogP contribution in [0.3, 0.4) is 0 Å². The summed E-state index contributed by atoms with van der Waals surface area (Å²) in [5, 5.41) is 1.15. The van der Waals surface area contributed by atoms with Crippen LogP contribution in [0.5, 0.6) is 0 Å². The van der Waals surface area contributed by atoms with E-state index in [-0.39, 0.29) is 30.2 Å². The average Bonchev–Trinajstić information content (AvgIpc) is 3.28. The number of hydrogen-bond acceptors (Lipinski definition) is 2. The summed E-state index contributed by atoms with van der Waals surface area (Å²) in [7, 11) is 0. The molecule has 2 aromatic carbocycles. The highest BCUT2D eigenvalue weighted by atomic mass is 19.1. The van der Waals surface area contributed by atoms with E-state index in [1.807, 2.05) is 38.2 Å². The van der Waals surface area contributed by atoms with E-state index in [0.29, 0.717) is 25.9 Å². The Balaban J connectivity index is 1.69. The Kier molecular flexibility index (Phi) is 10.5. The summed E-state index contributed by atoms with van der Waals surface area (Å²) in [4.78, 5) is 33.3. The summed E-state index contributed by atoms with van der Waals surface area (Å²) in [6.45, 7) is 7.03. The number of nitrogens with zero attached hydrogens (tertiary/aromatic N) is 2. The molecule has 0 aliphatic rings. The quantitative estimate of drug-likeness (QED) is 0.262. The summed E-state index contributed by atoms with van der Waals surface area (Å²) in [5.41, 5.74) is 3.08. The molecule has 0 atom stereocenters. The second-order valence-electron chi connectivity index (χ2n) is 9.83. The number of rotatable bonds is 14. The van der Waals surface area contributed by atoms with Crippen molar-refractivity contribution in [2.24, 2.45) is 0 Å². The Morgan fingerprint density at radius 1 is 0.944 bits per heavy atom. The highest BCUT2D eigenvalue weighted by molar-refractivity contribution is 5.85. The third kappa shape index (κ3) is 7.94. The van der Waals surface area contributed by atoms with Crippen LogP contribution >= 0.6 is 0 Å². The van der Waals surface area contributed by atoms with Crippen LogP contribution in [0, 0.1) is 5.82 Å². The molecular weight excluding hydrogens is 453 g/mol. The molecule has 0 aliphatic carbocycles. The Morgan fingerprint density at radius 2 is 1.67 bits per heavy atom. The number of unbranched alkanes of at least 4 members (excludes halogenated alkanes) is 4. The predicted octanol–water partition coefficient (Wildman–Crippen LogP) is 6.48. The van der Waals surface area contributed by atoms with Crippen LogP contribution in [0.15, 0.2) is 54.7 Å². The Bertz CT molecular complexity index is 1110. The summed E-state index contributed by atoms with van der Waals surface area (Å²) >= 11 is 0. The number of amides is 2. The van der Waals surface area contributed by atoms with Gasteiger partial charge in [-0.25, -0.2) is 4.39 Å². The van der Waals surface area contributed by atoms with Gasteiger partial charge in [-0.1, -0.05) is 62.9 Å². The van der Waals surface area contributed by atoms with E-state index in [2.05, 4.69) is 18.0 Å². The second kappa shape index (κ2) is 13.8. The third-order valence-electron chi connectivity index (χ3n) is 6.71. The van der Waals surface area contributed by atoms with Crippen LogP contribution in [-0.2, 0) is 22.6 Å². The smallest absolute Gasteiger partial charge is 0.242 e. The molecule has 1 N–H and O–H groups in total. The lowest BCUT2D eigenvalue weighted by Crippen LogP contribution is -2.46. The van der Waals surface area contributed by atoms with E-state index in [1.165, 1.54) is 25.0 Å². The molecule has 194 valence electrons. The Hall–Kier alpha value is -3.15. The maximum absolute atomic E-state index is 13.5. The lowest BCUT2D eigenvalue weighted by Gasteiger charge is -2.30. The van der Waals surface area contributed by atoms with Gasteiger partial charge in [0.15, 0.2) is 0 Å². The first-order chi connectivity index (χ1) is 17.4. The van der Waals surface area contributed by atoms with Crippen molar-refractivity contribution in [3.63, 3.8) is 0 Å². The van der Waals surface area contributed by atoms with Gasteiger partial charge >= 0.3 is 0 Å². The number of benzene rings is 2. The molecule has 3 aromatic rings. The first-order valence-corrected chi connectivity index (χ1v) is 13.3. The van der Waals surface area contributed by atoms with Gasteiger partial charge in [0, 0.05) is 42.7 Å². The molecular formula is C30H40FN3O2. The van der Waals surface area contributed by atoms with Gasteiger partial charge in [0.2, 0.25) is 11.8 Å². The lowest BCUT2D eigenvalue weighted by atomic mass is 10.1. The fourth-order valence-electron chi connectivity index (χ4n) is 4.52. The van der Waals surface area contributed by atoms with Gasteiger partial charge in [-0.15, -0.1) is 0 Å². The van der Waals surface area contributed by atoms with E-state index < -0.39 is 0 Å². The van der Waals surface area contributed by atoms with Gasteiger partial charge in [0.05, 0.1) is 6.54 Å². The van der Waals surface area contributed by atoms with E-state index in [0.717, 1.165) is 41.3 Å². The number of halogens is 1. The molecule has 1 aromatic heterocycles. The van der Waals surface area contributed by atoms with Crippen LogP contribution in [-0.4, -0.2) is 45.7 Å². The van der Waals surface area contributed by atoms with Crippen molar-refractivity contribution < 1.29 is 14.0 Å². The maximum atomic E-state index is 13.5.